The van der Waals surface area contributed by atoms with Crippen LogP contribution in [0.25, 0.3) is 0 Å². The van der Waals surface area contributed by atoms with Gasteiger partial charge in [-0.3, -0.25) is 9.59 Å². The fourth-order valence-electron chi connectivity index (χ4n) is 2.74. The third-order valence-corrected chi connectivity index (χ3v) is 4.23. The Kier molecular flexibility index (Phi) is 5.59. The van der Waals surface area contributed by atoms with Crippen LogP contribution in [0.4, 0.5) is 4.39 Å². The molecule has 6 nitrogen and oxygen atoms in total. The lowest BCUT2D eigenvalue weighted by atomic mass is 10.0. The molecule has 2 amide bonds. The van der Waals surface area contributed by atoms with Crippen LogP contribution in [0, 0.1) is 11.7 Å². The molecule has 2 N–H and O–H groups in total. The van der Waals surface area contributed by atoms with Crippen molar-refractivity contribution in [2.45, 2.75) is 26.4 Å². The van der Waals surface area contributed by atoms with Gasteiger partial charge in [-0.2, -0.15) is 0 Å². The van der Waals surface area contributed by atoms with Crippen molar-refractivity contribution in [3.8, 4) is 11.5 Å². The number of carbonyl (C=O) groups excluding carboxylic acids is 2. The Labute approximate surface area is 156 Å². The lowest BCUT2D eigenvalue weighted by molar-refractivity contribution is -0.124. The first-order valence-corrected chi connectivity index (χ1v) is 8.66. The smallest absolute Gasteiger partial charge is 0.252 e. The Hall–Kier alpha value is -3.09. The summed E-state index contributed by atoms with van der Waals surface area (Å²) in [5.74, 6) is -0.136. The second-order valence-electron chi connectivity index (χ2n) is 6.61. The molecule has 142 valence electrons. The van der Waals surface area contributed by atoms with Crippen molar-refractivity contribution in [3.05, 3.63) is 59.4 Å². The van der Waals surface area contributed by atoms with Gasteiger partial charge in [-0.15, -0.1) is 0 Å². The molecule has 27 heavy (non-hydrogen) atoms. The Morgan fingerprint density at radius 3 is 2.63 bits per heavy atom. The maximum Gasteiger partial charge on any atom is 0.252 e. The van der Waals surface area contributed by atoms with Crippen LogP contribution in [0.15, 0.2) is 42.5 Å². The van der Waals surface area contributed by atoms with E-state index in [4.69, 9.17) is 9.47 Å². The molecular formula is C20H21FN2O4. The van der Waals surface area contributed by atoms with E-state index < -0.39 is 17.8 Å². The summed E-state index contributed by atoms with van der Waals surface area (Å²) in [6, 6.07) is 10.0. The van der Waals surface area contributed by atoms with E-state index in [-0.39, 0.29) is 30.7 Å². The van der Waals surface area contributed by atoms with Gasteiger partial charge >= 0.3 is 0 Å². The fraction of sp³-hybridized carbons (Fsp3) is 0.300. The number of amides is 2. The fourth-order valence-corrected chi connectivity index (χ4v) is 2.74. The van der Waals surface area contributed by atoms with Crippen LogP contribution in [-0.4, -0.2) is 24.6 Å². The van der Waals surface area contributed by atoms with E-state index in [1.54, 1.807) is 12.1 Å². The summed E-state index contributed by atoms with van der Waals surface area (Å²) in [6.07, 6.45) is 0. The van der Waals surface area contributed by atoms with Crippen molar-refractivity contribution in [1.82, 2.24) is 10.6 Å². The third-order valence-electron chi connectivity index (χ3n) is 4.23. The van der Waals surface area contributed by atoms with Crippen LogP contribution >= 0.6 is 0 Å². The van der Waals surface area contributed by atoms with E-state index in [0.29, 0.717) is 11.5 Å². The molecule has 1 heterocycles. The summed E-state index contributed by atoms with van der Waals surface area (Å²) in [6.45, 7) is 4.13. The lowest BCUT2D eigenvalue weighted by Gasteiger charge is -2.22. The predicted molar refractivity (Wildman–Crippen MR) is 96.9 cm³/mol. The van der Waals surface area contributed by atoms with Crippen molar-refractivity contribution in [1.29, 1.82) is 0 Å². The van der Waals surface area contributed by atoms with Gasteiger partial charge in [-0.25, -0.2) is 4.39 Å². The molecule has 0 aliphatic carbocycles. The monoisotopic (exact) mass is 372 g/mol. The van der Waals surface area contributed by atoms with Crippen molar-refractivity contribution in [3.63, 3.8) is 0 Å². The Morgan fingerprint density at radius 2 is 1.89 bits per heavy atom. The van der Waals surface area contributed by atoms with E-state index in [9.17, 15) is 14.0 Å². The zero-order valence-electron chi connectivity index (χ0n) is 15.1. The van der Waals surface area contributed by atoms with Gasteiger partial charge in [0.15, 0.2) is 11.5 Å². The zero-order valence-corrected chi connectivity index (χ0v) is 15.1. The molecule has 0 fully saturated rings. The summed E-state index contributed by atoms with van der Waals surface area (Å²) < 4.78 is 23.9. The normalized spacial score (nSPS) is 13.3. The van der Waals surface area contributed by atoms with Gasteiger partial charge in [0.05, 0.1) is 0 Å². The van der Waals surface area contributed by atoms with Crippen LogP contribution in [0.1, 0.15) is 29.8 Å². The molecule has 0 bridgehead atoms. The molecular weight excluding hydrogens is 351 g/mol. The highest BCUT2D eigenvalue weighted by Gasteiger charge is 2.25. The van der Waals surface area contributed by atoms with E-state index in [0.717, 1.165) is 11.6 Å². The molecule has 0 aromatic heterocycles. The highest BCUT2D eigenvalue weighted by Crippen LogP contribution is 2.32. The number of hydrogen-bond donors (Lipinski definition) is 2. The van der Waals surface area contributed by atoms with Crippen molar-refractivity contribution >= 4 is 11.8 Å². The Balaban J connectivity index is 1.62. The number of fused-ring (bicyclic) bond motifs is 1. The largest absolute Gasteiger partial charge is 0.454 e. The Morgan fingerprint density at radius 1 is 1.11 bits per heavy atom. The number of halogens is 1. The molecule has 2 aromatic rings. The maximum atomic E-state index is 13.3. The lowest BCUT2D eigenvalue weighted by Crippen LogP contribution is -2.49. The van der Waals surface area contributed by atoms with E-state index in [1.807, 2.05) is 19.9 Å². The molecule has 7 heteroatoms. The number of nitrogens with one attached hydrogen (secondary N) is 2. The number of carbonyl (C=O) groups is 2. The zero-order chi connectivity index (χ0) is 19.4. The Bertz CT molecular complexity index is 854. The number of hydrogen-bond acceptors (Lipinski definition) is 4. The molecule has 0 radical (unpaired) electrons. The highest BCUT2D eigenvalue weighted by molar-refractivity contribution is 5.97. The highest BCUT2D eigenvalue weighted by atomic mass is 19.1. The van der Waals surface area contributed by atoms with Gasteiger partial charge in [-0.1, -0.05) is 26.0 Å². The first-order chi connectivity index (χ1) is 12.9. The third kappa shape index (κ3) is 4.55. The summed E-state index contributed by atoms with van der Waals surface area (Å²) in [4.78, 5) is 24.9. The number of rotatable bonds is 6. The summed E-state index contributed by atoms with van der Waals surface area (Å²) in [5.41, 5.74) is 1.02. The molecule has 1 aliphatic rings. The first-order valence-electron chi connectivity index (χ1n) is 8.66. The SMILES string of the molecule is CC(C)[C@@H](NC(=O)c1cccc(F)c1)C(=O)NCc1ccc2c(c1)OCO2. The van der Waals surface area contributed by atoms with Gasteiger partial charge < -0.3 is 20.1 Å². The average Bonchev–Trinajstić information content (AvgIpc) is 3.11. The molecule has 2 aromatic carbocycles. The maximum absolute atomic E-state index is 13.3. The minimum Gasteiger partial charge on any atom is -0.454 e. The van der Waals surface area contributed by atoms with Gasteiger partial charge in [0.1, 0.15) is 11.9 Å². The van der Waals surface area contributed by atoms with Gasteiger partial charge in [0.2, 0.25) is 12.7 Å². The number of ether oxygens (including phenoxy) is 2. The van der Waals surface area contributed by atoms with E-state index in [1.165, 1.54) is 18.2 Å². The van der Waals surface area contributed by atoms with Crippen LogP contribution in [0.3, 0.4) is 0 Å². The van der Waals surface area contributed by atoms with Crippen LogP contribution in [0.5, 0.6) is 11.5 Å². The molecule has 3 rings (SSSR count). The molecule has 0 unspecified atom stereocenters. The molecule has 0 spiro atoms. The standard InChI is InChI=1S/C20H21FN2O4/c1-12(2)18(23-19(24)14-4-3-5-15(21)9-14)20(25)22-10-13-6-7-16-17(8-13)27-11-26-16/h3-9,12,18H,10-11H2,1-2H3,(H,22,25)(H,23,24)/t18-/m1/s1. The molecule has 0 saturated carbocycles. The van der Waals surface area contributed by atoms with Gasteiger partial charge in [0, 0.05) is 12.1 Å². The van der Waals surface area contributed by atoms with Crippen molar-refractivity contribution < 1.29 is 23.5 Å². The van der Waals surface area contributed by atoms with Crippen LogP contribution < -0.4 is 20.1 Å². The van der Waals surface area contributed by atoms with Crippen molar-refractivity contribution in [2.75, 3.05) is 6.79 Å². The predicted octanol–water partition coefficient (Wildman–Crippen LogP) is 2.63. The average molecular weight is 372 g/mol. The number of benzene rings is 2. The van der Waals surface area contributed by atoms with Gasteiger partial charge in [0.25, 0.3) is 5.91 Å². The topological polar surface area (TPSA) is 76.7 Å². The van der Waals surface area contributed by atoms with Crippen LogP contribution in [-0.2, 0) is 11.3 Å². The summed E-state index contributed by atoms with van der Waals surface area (Å²) >= 11 is 0. The minimum absolute atomic E-state index is 0.140. The second-order valence-corrected chi connectivity index (χ2v) is 6.61. The van der Waals surface area contributed by atoms with E-state index >= 15 is 0 Å². The quantitative estimate of drug-likeness (QED) is 0.817. The first kappa shape index (κ1) is 18.7. The van der Waals surface area contributed by atoms with E-state index in [2.05, 4.69) is 10.6 Å². The molecule has 0 saturated heterocycles. The molecule has 1 atom stereocenters. The van der Waals surface area contributed by atoms with Gasteiger partial charge in [-0.05, 0) is 41.8 Å². The summed E-state index contributed by atoms with van der Waals surface area (Å²) in [7, 11) is 0. The minimum atomic E-state index is -0.741. The molecule has 1 aliphatic heterocycles. The second kappa shape index (κ2) is 8.07. The summed E-state index contributed by atoms with van der Waals surface area (Å²) in [5, 5.41) is 5.49. The van der Waals surface area contributed by atoms with Crippen LogP contribution in [0.2, 0.25) is 0 Å². The van der Waals surface area contributed by atoms with Crippen molar-refractivity contribution in [2.24, 2.45) is 5.92 Å².